The first-order chi connectivity index (χ1) is 9.65. The highest BCUT2D eigenvalue weighted by molar-refractivity contribution is 9.10. The Kier molecular flexibility index (Phi) is 3.76. The average molecular weight is 348 g/mol. The van der Waals surface area contributed by atoms with Crippen LogP contribution >= 0.6 is 28.1 Å². The van der Waals surface area contributed by atoms with Crippen LogP contribution in [0.25, 0.3) is 0 Å². The van der Waals surface area contributed by atoms with E-state index in [0.29, 0.717) is 10.7 Å². The zero-order valence-electron chi connectivity index (χ0n) is 10.9. The number of halogens is 1. The zero-order chi connectivity index (χ0) is 14.1. The number of thiocarbonyl (C=S) groups is 1. The summed E-state index contributed by atoms with van der Waals surface area (Å²) >= 11 is 8.56. The largest absolute Gasteiger partial charge is 0.457 e. The van der Waals surface area contributed by atoms with Crippen LogP contribution in [0.15, 0.2) is 40.9 Å². The number of rotatable bonds is 3. The summed E-state index contributed by atoms with van der Waals surface area (Å²) in [6, 6.07) is 12.0. The highest BCUT2D eigenvalue weighted by Crippen LogP contribution is 2.33. The minimum absolute atomic E-state index is 0.327. The normalized spacial score (nSPS) is 13.1. The maximum atomic E-state index is 5.98. The smallest absolute Gasteiger partial charge is 0.138 e. The van der Waals surface area contributed by atoms with Crippen LogP contribution in [0, 0.1) is 0 Å². The third kappa shape index (κ3) is 2.58. The molecule has 3 rings (SSSR count). The van der Waals surface area contributed by atoms with Crippen molar-refractivity contribution in [2.24, 2.45) is 5.73 Å². The maximum Gasteiger partial charge on any atom is 0.138 e. The first-order valence-electron chi connectivity index (χ1n) is 6.53. The van der Waals surface area contributed by atoms with E-state index in [1.807, 2.05) is 24.3 Å². The van der Waals surface area contributed by atoms with Crippen molar-refractivity contribution in [3.8, 4) is 11.5 Å². The Morgan fingerprint density at radius 3 is 2.75 bits per heavy atom. The van der Waals surface area contributed by atoms with Gasteiger partial charge < -0.3 is 10.5 Å². The molecule has 0 atom stereocenters. The average Bonchev–Trinajstić information content (AvgIpc) is 2.85. The Bertz CT molecular complexity index is 684. The molecule has 20 heavy (non-hydrogen) atoms. The SMILES string of the molecule is NC(=S)c1c(Br)cccc1Oc1ccc2c(c1)CCC2. The molecule has 0 heterocycles. The van der Waals surface area contributed by atoms with Crippen molar-refractivity contribution < 1.29 is 4.74 Å². The Balaban J connectivity index is 1.95. The minimum atomic E-state index is 0.327. The molecule has 0 aromatic heterocycles. The molecule has 1 aliphatic carbocycles. The van der Waals surface area contributed by atoms with E-state index in [-0.39, 0.29) is 0 Å². The molecule has 4 heteroatoms. The van der Waals surface area contributed by atoms with Gasteiger partial charge in [0.1, 0.15) is 16.5 Å². The fraction of sp³-hybridized carbons (Fsp3) is 0.188. The summed E-state index contributed by atoms with van der Waals surface area (Å²) in [5, 5.41) is 0. The number of nitrogens with two attached hydrogens (primary N) is 1. The van der Waals surface area contributed by atoms with Crippen molar-refractivity contribution >= 4 is 33.1 Å². The van der Waals surface area contributed by atoms with Crippen LogP contribution in [0.1, 0.15) is 23.1 Å². The monoisotopic (exact) mass is 347 g/mol. The predicted molar refractivity (Wildman–Crippen MR) is 88.6 cm³/mol. The molecule has 0 saturated heterocycles. The summed E-state index contributed by atoms with van der Waals surface area (Å²) in [6.07, 6.45) is 3.53. The third-order valence-electron chi connectivity index (χ3n) is 3.52. The van der Waals surface area contributed by atoms with Crippen LogP contribution in [0.3, 0.4) is 0 Å². The molecule has 0 bridgehead atoms. The lowest BCUT2D eigenvalue weighted by Crippen LogP contribution is -2.11. The molecule has 2 nitrogen and oxygen atoms in total. The topological polar surface area (TPSA) is 35.2 Å². The number of hydrogen-bond acceptors (Lipinski definition) is 2. The number of hydrogen-bond donors (Lipinski definition) is 1. The molecule has 0 radical (unpaired) electrons. The van der Waals surface area contributed by atoms with Gasteiger partial charge in [0, 0.05) is 4.47 Å². The first-order valence-corrected chi connectivity index (χ1v) is 7.73. The van der Waals surface area contributed by atoms with Crippen LogP contribution in [-0.4, -0.2) is 4.99 Å². The molecular formula is C16H14BrNOS. The summed E-state index contributed by atoms with van der Waals surface area (Å²) in [4.78, 5) is 0.327. The zero-order valence-corrected chi connectivity index (χ0v) is 13.3. The quantitative estimate of drug-likeness (QED) is 0.837. The second-order valence-corrected chi connectivity index (χ2v) is 6.16. The van der Waals surface area contributed by atoms with Gasteiger partial charge in [0.25, 0.3) is 0 Å². The molecule has 2 aromatic rings. The van der Waals surface area contributed by atoms with Crippen LogP contribution in [0.4, 0.5) is 0 Å². The van der Waals surface area contributed by atoms with Gasteiger partial charge in [-0.3, -0.25) is 0 Å². The van der Waals surface area contributed by atoms with Crippen LogP contribution in [0.5, 0.6) is 11.5 Å². The Morgan fingerprint density at radius 2 is 1.95 bits per heavy atom. The lowest BCUT2D eigenvalue weighted by molar-refractivity contribution is 0.481. The minimum Gasteiger partial charge on any atom is -0.457 e. The Labute approximate surface area is 132 Å². The summed E-state index contributed by atoms with van der Waals surface area (Å²) in [7, 11) is 0. The van der Waals surface area contributed by atoms with Gasteiger partial charge in [-0.05, 0) is 70.6 Å². The lowest BCUT2D eigenvalue weighted by atomic mass is 10.1. The Hall–Kier alpha value is -1.39. The van der Waals surface area contributed by atoms with E-state index in [0.717, 1.165) is 22.2 Å². The number of fused-ring (bicyclic) bond motifs is 1. The molecule has 2 N–H and O–H groups in total. The first kappa shape index (κ1) is 13.6. The van der Waals surface area contributed by atoms with E-state index in [1.54, 1.807) is 0 Å². The van der Waals surface area contributed by atoms with Gasteiger partial charge in [-0.15, -0.1) is 0 Å². The number of aryl methyl sites for hydroxylation is 2. The van der Waals surface area contributed by atoms with Crippen molar-refractivity contribution in [1.29, 1.82) is 0 Å². The summed E-state index contributed by atoms with van der Waals surface area (Å²) in [5.41, 5.74) is 9.33. The summed E-state index contributed by atoms with van der Waals surface area (Å²) in [5.74, 6) is 1.52. The molecule has 0 amide bonds. The number of benzene rings is 2. The molecule has 0 spiro atoms. The van der Waals surface area contributed by atoms with Gasteiger partial charge in [-0.2, -0.15) is 0 Å². The highest BCUT2D eigenvalue weighted by atomic mass is 79.9. The molecular weight excluding hydrogens is 334 g/mol. The van der Waals surface area contributed by atoms with Crippen molar-refractivity contribution in [3.05, 3.63) is 57.6 Å². The molecule has 0 saturated carbocycles. The van der Waals surface area contributed by atoms with Crippen molar-refractivity contribution in [2.75, 3.05) is 0 Å². The van der Waals surface area contributed by atoms with Crippen molar-refractivity contribution in [3.63, 3.8) is 0 Å². The van der Waals surface area contributed by atoms with E-state index in [4.69, 9.17) is 22.7 Å². The van der Waals surface area contributed by atoms with E-state index in [2.05, 4.69) is 28.1 Å². The molecule has 102 valence electrons. The molecule has 0 unspecified atom stereocenters. The van der Waals surface area contributed by atoms with Gasteiger partial charge in [-0.1, -0.05) is 24.4 Å². The van der Waals surface area contributed by atoms with Gasteiger partial charge in [0.15, 0.2) is 0 Å². The fourth-order valence-corrected chi connectivity index (χ4v) is 3.47. The van der Waals surface area contributed by atoms with Gasteiger partial charge >= 0.3 is 0 Å². The summed E-state index contributed by atoms with van der Waals surface area (Å²) < 4.78 is 6.83. The summed E-state index contributed by atoms with van der Waals surface area (Å²) in [6.45, 7) is 0. The highest BCUT2D eigenvalue weighted by Gasteiger charge is 2.14. The van der Waals surface area contributed by atoms with E-state index in [1.165, 1.54) is 24.0 Å². The van der Waals surface area contributed by atoms with Gasteiger partial charge in [0.2, 0.25) is 0 Å². The second kappa shape index (κ2) is 5.54. The van der Waals surface area contributed by atoms with Gasteiger partial charge in [-0.25, -0.2) is 0 Å². The van der Waals surface area contributed by atoms with Crippen molar-refractivity contribution in [1.82, 2.24) is 0 Å². The third-order valence-corrected chi connectivity index (χ3v) is 4.38. The molecule has 0 fully saturated rings. The van der Waals surface area contributed by atoms with Crippen molar-refractivity contribution in [2.45, 2.75) is 19.3 Å². The van der Waals surface area contributed by atoms with Crippen LogP contribution < -0.4 is 10.5 Å². The fourth-order valence-electron chi connectivity index (χ4n) is 2.57. The van der Waals surface area contributed by atoms with E-state index >= 15 is 0 Å². The second-order valence-electron chi connectivity index (χ2n) is 4.86. The van der Waals surface area contributed by atoms with E-state index in [9.17, 15) is 0 Å². The Morgan fingerprint density at radius 1 is 1.15 bits per heavy atom. The van der Waals surface area contributed by atoms with Crippen LogP contribution in [0.2, 0.25) is 0 Å². The lowest BCUT2D eigenvalue weighted by Gasteiger charge is -2.12. The molecule has 1 aliphatic rings. The van der Waals surface area contributed by atoms with E-state index < -0.39 is 0 Å². The maximum absolute atomic E-state index is 5.98. The van der Waals surface area contributed by atoms with Gasteiger partial charge in [0.05, 0.1) is 5.56 Å². The van der Waals surface area contributed by atoms with Crippen LogP contribution in [-0.2, 0) is 12.8 Å². The number of ether oxygens (including phenoxy) is 1. The standard InChI is InChI=1S/C16H14BrNOS/c17-13-5-2-6-14(15(13)16(18)20)19-12-8-7-10-3-1-4-11(10)9-12/h2,5-9H,1,3-4H2,(H2,18,20). The molecule has 2 aromatic carbocycles. The predicted octanol–water partition coefficient (Wildman–Crippen LogP) is 4.36. The molecule has 0 aliphatic heterocycles.